The highest BCUT2D eigenvalue weighted by molar-refractivity contribution is 7.08. The number of thiophene rings is 1. The van der Waals surface area contributed by atoms with Crippen LogP contribution in [0.5, 0.6) is 0 Å². The fourth-order valence-corrected chi connectivity index (χ4v) is 2.24. The number of rotatable bonds is 5. The normalized spacial score (nSPS) is 12.6. The number of nitrogens with one attached hydrogen (secondary N) is 1. The predicted octanol–water partition coefficient (Wildman–Crippen LogP) is 1.79. The van der Waals surface area contributed by atoms with E-state index in [1.807, 2.05) is 16.8 Å². The Morgan fingerprint density at radius 1 is 1.56 bits per heavy atom. The van der Waals surface area contributed by atoms with Crippen LogP contribution in [0.25, 0.3) is 0 Å². The Morgan fingerprint density at radius 3 is 2.94 bits per heavy atom. The molecule has 18 heavy (non-hydrogen) atoms. The molecule has 0 aliphatic rings. The van der Waals surface area contributed by atoms with Crippen molar-refractivity contribution in [2.24, 2.45) is 5.92 Å². The van der Waals surface area contributed by atoms with E-state index in [0.717, 1.165) is 0 Å². The molecule has 0 saturated heterocycles. The Labute approximate surface area is 110 Å². The van der Waals surface area contributed by atoms with E-state index in [9.17, 15) is 4.79 Å². The molecule has 0 aromatic carbocycles. The fraction of sp³-hybridized carbons (Fsp3) is 0.417. The summed E-state index contributed by atoms with van der Waals surface area (Å²) in [6, 6.07) is 1.87. The van der Waals surface area contributed by atoms with Crippen LogP contribution in [0.15, 0.2) is 29.2 Å². The van der Waals surface area contributed by atoms with Crippen LogP contribution in [-0.4, -0.2) is 26.9 Å². The molecule has 2 rings (SSSR count). The van der Waals surface area contributed by atoms with Crippen LogP contribution < -0.4 is 5.32 Å². The summed E-state index contributed by atoms with van der Waals surface area (Å²) >= 11 is 1.52. The summed E-state index contributed by atoms with van der Waals surface area (Å²) in [5.74, 6) is 0.298. The molecule has 0 aliphatic heterocycles. The second-order valence-corrected chi connectivity index (χ2v) is 5.24. The predicted molar refractivity (Wildman–Crippen MR) is 70.4 cm³/mol. The molecule has 1 N–H and O–H groups in total. The number of hydrogen-bond acceptors (Lipinski definition) is 4. The third-order valence-corrected chi connectivity index (χ3v) is 3.44. The maximum atomic E-state index is 12.0. The first kappa shape index (κ1) is 12.8. The van der Waals surface area contributed by atoms with Gasteiger partial charge in [0.2, 0.25) is 0 Å². The molecule has 2 aromatic rings. The molecule has 1 atom stereocenters. The fourth-order valence-electron chi connectivity index (χ4n) is 1.60. The van der Waals surface area contributed by atoms with Crippen LogP contribution in [0.1, 0.15) is 24.2 Å². The van der Waals surface area contributed by atoms with E-state index in [0.29, 0.717) is 18.0 Å². The van der Waals surface area contributed by atoms with Gasteiger partial charge in [0.05, 0.1) is 18.8 Å². The molecule has 0 spiro atoms. The molecule has 5 nitrogen and oxygen atoms in total. The minimum absolute atomic E-state index is 0.0323. The van der Waals surface area contributed by atoms with Gasteiger partial charge in [-0.3, -0.25) is 9.48 Å². The summed E-state index contributed by atoms with van der Waals surface area (Å²) in [6.07, 6.45) is 3.43. The third-order valence-electron chi connectivity index (χ3n) is 2.76. The second kappa shape index (κ2) is 5.77. The van der Waals surface area contributed by atoms with Gasteiger partial charge in [-0.05, 0) is 17.4 Å². The van der Waals surface area contributed by atoms with Crippen LogP contribution in [0.3, 0.4) is 0 Å². The molecule has 0 radical (unpaired) electrons. The zero-order valence-electron chi connectivity index (χ0n) is 10.4. The second-order valence-electron chi connectivity index (χ2n) is 4.46. The van der Waals surface area contributed by atoms with Gasteiger partial charge in [-0.25, -0.2) is 0 Å². The molecule has 0 unspecified atom stereocenters. The van der Waals surface area contributed by atoms with E-state index < -0.39 is 0 Å². The lowest BCUT2D eigenvalue weighted by atomic mass is 10.0. The molecule has 6 heteroatoms. The Hall–Kier alpha value is -1.69. The molecular formula is C12H16N4OS. The summed E-state index contributed by atoms with van der Waals surface area (Å²) in [5.41, 5.74) is 0.712. The molecule has 0 aliphatic carbocycles. The summed E-state index contributed by atoms with van der Waals surface area (Å²) in [6.45, 7) is 4.79. The average Bonchev–Trinajstić information content (AvgIpc) is 3.00. The first-order valence-electron chi connectivity index (χ1n) is 5.84. The molecule has 1 amide bonds. The minimum Gasteiger partial charge on any atom is -0.347 e. The van der Waals surface area contributed by atoms with Gasteiger partial charge in [-0.2, -0.15) is 11.3 Å². The van der Waals surface area contributed by atoms with Crippen LogP contribution in [0.4, 0.5) is 0 Å². The van der Waals surface area contributed by atoms with Crippen molar-refractivity contribution in [3.63, 3.8) is 0 Å². The highest BCUT2D eigenvalue weighted by Crippen LogP contribution is 2.09. The first-order valence-corrected chi connectivity index (χ1v) is 6.78. The summed E-state index contributed by atoms with van der Waals surface area (Å²) in [7, 11) is 0. The van der Waals surface area contributed by atoms with E-state index in [1.54, 1.807) is 17.1 Å². The standard InChI is InChI=1S/C12H16N4OS/c1-9(2)11(7-16-5-4-13-15-16)14-12(17)10-3-6-18-8-10/h3-6,8-9,11H,7H2,1-2H3,(H,14,17)/t11-/m0/s1. The molecule has 2 aromatic heterocycles. The van der Waals surface area contributed by atoms with E-state index in [2.05, 4.69) is 29.5 Å². The van der Waals surface area contributed by atoms with Crippen molar-refractivity contribution in [3.8, 4) is 0 Å². The van der Waals surface area contributed by atoms with Gasteiger partial charge < -0.3 is 5.32 Å². The number of carbonyl (C=O) groups is 1. The van der Waals surface area contributed by atoms with Crippen molar-refractivity contribution in [2.45, 2.75) is 26.4 Å². The molecular weight excluding hydrogens is 248 g/mol. The summed E-state index contributed by atoms with van der Waals surface area (Å²) < 4.78 is 1.73. The smallest absolute Gasteiger partial charge is 0.252 e. The largest absolute Gasteiger partial charge is 0.347 e. The molecule has 0 saturated carbocycles. The lowest BCUT2D eigenvalue weighted by molar-refractivity contribution is 0.0919. The number of nitrogens with zero attached hydrogens (tertiary/aromatic N) is 3. The van der Waals surface area contributed by atoms with Crippen molar-refractivity contribution in [3.05, 3.63) is 34.8 Å². The van der Waals surface area contributed by atoms with Gasteiger partial charge >= 0.3 is 0 Å². The summed E-state index contributed by atoms with van der Waals surface area (Å²) in [4.78, 5) is 12.0. The zero-order chi connectivity index (χ0) is 13.0. The number of hydrogen-bond donors (Lipinski definition) is 1. The lowest BCUT2D eigenvalue weighted by Gasteiger charge is -2.21. The maximum absolute atomic E-state index is 12.0. The molecule has 0 fully saturated rings. The van der Waals surface area contributed by atoms with Gasteiger partial charge in [0.1, 0.15) is 0 Å². The number of amides is 1. The molecule has 0 bridgehead atoms. The van der Waals surface area contributed by atoms with Crippen molar-refractivity contribution in [1.82, 2.24) is 20.3 Å². The van der Waals surface area contributed by atoms with Crippen LogP contribution in [0, 0.1) is 5.92 Å². The van der Waals surface area contributed by atoms with Crippen molar-refractivity contribution < 1.29 is 4.79 Å². The topological polar surface area (TPSA) is 59.8 Å². The minimum atomic E-state index is -0.0323. The maximum Gasteiger partial charge on any atom is 0.252 e. The lowest BCUT2D eigenvalue weighted by Crippen LogP contribution is -2.41. The van der Waals surface area contributed by atoms with E-state index >= 15 is 0 Å². The van der Waals surface area contributed by atoms with Gasteiger partial charge in [0, 0.05) is 17.1 Å². The third kappa shape index (κ3) is 3.16. The van der Waals surface area contributed by atoms with E-state index in [4.69, 9.17) is 0 Å². The SMILES string of the molecule is CC(C)[C@H](Cn1ccnn1)NC(=O)c1ccsc1. The Bertz CT molecular complexity index is 478. The van der Waals surface area contributed by atoms with Gasteiger partial charge in [-0.1, -0.05) is 19.1 Å². The number of aromatic nitrogens is 3. The van der Waals surface area contributed by atoms with Crippen LogP contribution in [0.2, 0.25) is 0 Å². The highest BCUT2D eigenvalue weighted by Gasteiger charge is 2.18. The van der Waals surface area contributed by atoms with Crippen LogP contribution >= 0.6 is 11.3 Å². The van der Waals surface area contributed by atoms with E-state index in [-0.39, 0.29) is 11.9 Å². The van der Waals surface area contributed by atoms with Gasteiger partial charge in [-0.15, -0.1) is 5.10 Å². The zero-order valence-corrected chi connectivity index (χ0v) is 11.2. The summed E-state index contributed by atoms with van der Waals surface area (Å²) in [5, 5.41) is 14.5. The monoisotopic (exact) mass is 264 g/mol. The highest BCUT2D eigenvalue weighted by atomic mass is 32.1. The molecule has 96 valence electrons. The van der Waals surface area contributed by atoms with E-state index in [1.165, 1.54) is 11.3 Å². The Balaban J connectivity index is 2.00. The van der Waals surface area contributed by atoms with Crippen molar-refractivity contribution >= 4 is 17.2 Å². The quantitative estimate of drug-likeness (QED) is 0.895. The first-order chi connectivity index (χ1) is 8.66. The van der Waals surface area contributed by atoms with Gasteiger partial charge in [0.15, 0.2) is 0 Å². The van der Waals surface area contributed by atoms with Gasteiger partial charge in [0.25, 0.3) is 5.91 Å². The van der Waals surface area contributed by atoms with Crippen LogP contribution in [-0.2, 0) is 6.54 Å². The van der Waals surface area contributed by atoms with Crippen molar-refractivity contribution in [2.75, 3.05) is 0 Å². The average molecular weight is 264 g/mol. The Kier molecular flexibility index (Phi) is 4.09. The van der Waals surface area contributed by atoms with Crippen molar-refractivity contribution in [1.29, 1.82) is 0 Å². The number of carbonyl (C=O) groups excluding carboxylic acids is 1. The molecule has 2 heterocycles. The Morgan fingerprint density at radius 2 is 2.39 bits per heavy atom.